The molecular weight excluding hydrogens is 970 g/mol. The summed E-state index contributed by atoms with van der Waals surface area (Å²) >= 11 is 8.10. The molecule has 0 aliphatic carbocycles. The zero-order valence-corrected chi connectivity index (χ0v) is 43.2. The Bertz CT molecular complexity index is 2810. The van der Waals surface area contributed by atoms with Crippen LogP contribution in [-0.4, -0.2) is 124 Å². The van der Waals surface area contributed by atoms with Gasteiger partial charge in [0.2, 0.25) is 23.7 Å². The van der Waals surface area contributed by atoms with E-state index in [4.69, 9.17) is 25.8 Å². The second-order valence-corrected chi connectivity index (χ2v) is 19.9. The fraction of sp³-hybridized carbons (Fsp3) is 0.370. The first kappa shape index (κ1) is 54.1. The Morgan fingerprint density at radius 3 is 2.23 bits per heavy atom. The number of carbonyl (C=O) groups excluding carboxylic acids is 4. The molecule has 1 aliphatic rings. The highest BCUT2D eigenvalue weighted by Gasteiger charge is 2.44. The van der Waals surface area contributed by atoms with Gasteiger partial charge < -0.3 is 45.5 Å². The number of β-amino-alcohol motifs (C(OH)–C–C–N with tert-alkyl or cyclic N) is 1. The predicted molar refractivity (Wildman–Crippen MR) is 281 cm³/mol. The summed E-state index contributed by atoms with van der Waals surface area (Å²) in [5.41, 5.74) is 8.35. The molecule has 0 spiro atoms. The number of rotatable bonds is 23. The monoisotopic (exact) mass is 1030 g/mol. The number of anilines is 2. The van der Waals surface area contributed by atoms with E-state index in [1.165, 1.54) is 17.3 Å². The number of likely N-dealkylation sites (tertiary alicyclic amines) is 1. The molecule has 4 amide bonds. The predicted octanol–water partition coefficient (Wildman–Crippen LogP) is 7.57. The lowest BCUT2D eigenvalue weighted by Crippen LogP contribution is -2.58. The Kier molecular flexibility index (Phi) is 19.1. The van der Waals surface area contributed by atoms with Crippen LogP contribution in [0.3, 0.4) is 0 Å². The van der Waals surface area contributed by atoms with E-state index in [-0.39, 0.29) is 76.1 Å². The Morgan fingerprint density at radius 1 is 0.822 bits per heavy atom. The fourth-order valence-electron chi connectivity index (χ4n) is 8.16. The highest BCUT2D eigenvalue weighted by atomic mass is 35.5. The van der Waals surface area contributed by atoms with Gasteiger partial charge in [-0.15, -0.1) is 11.3 Å². The smallest absolute Gasteiger partial charge is 0.253 e. The number of aromatic nitrogens is 4. The minimum atomic E-state index is -0.954. The molecule has 73 heavy (non-hydrogen) atoms. The molecule has 3 aromatic carbocycles. The standard InChI is InChI=1S/C54H62ClN9O8S/c1-34(36-14-16-38(17-15-36)48-35(2)59-33-73-48)60-51(68)45-28-43(65)32-64(45)52(69)49(54(3,4)5)62-46(66)18-20-70-22-24-72-25-23-71-21-19-57-50(67)41-27-42(30-56-29-41)61-53-58-31-44(55)47(63-53)40-13-9-12-39(26-40)37-10-7-6-8-11-37/h6-17,26-27,29-31,33-34,43,45,49,65H,18-25,28,32H2,1-5H3,(H,57,67)(H,60,68)(H,62,66)(H,58,61,63). The normalized spacial score (nSPS) is 15.4. The van der Waals surface area contributed by atoms with E-state index in [0.29, 0.717) is 41.1 Å². The molecular formula is C54H62ClN9O8S. The van der Waals surface area contributed by atoms with Crippen molar-refractivity contribution in [2.45, 2.75) is 71.7 Å². The molecule has 1 aliphatic heterocycles. The van der Waals surface area contributed by atoms with Gasteiger partial charge in [0.15, 0.2) is 0 Å². The molecule has 7 rings (SSSR count). The number of hydrogen-bond donors (Lipinski definition) is 5. The second kappa shape index (κ2) is 25.8. The molecule has 1 fully saturated rings. The van der Waals surface area contributed by atoms with E-state index in [2.05, 4.69) is 41.2 Å². The van der Waals surface area contributed by atoms with Crippen LogP contribution in [0.15, 0.2) is 109 Å². The third kappa shape index (κ3) is 15.2. The lowest BCUT2D eigenvalue weighted by atomic mass is 9.85. The van der Waals surface area contributed by atoms with Crippen molar-refractivity contribution in [2.24, 2.45) is 5.41 Å². The zero-order chi connectivity index (χ0) is 51.9. The Morgan fingerprint density at radius 2 is 1.52 bits per heavy atom. The number of carbonyl (C=O) groups is 4. The van der Waals surface area contributed by atoms with E-state index in [0.717, 1.165) is 38.4 Å². The van der Waals surface area contributed by atoms with Crippen LogP contribution in [0.25, 0.3) is 32.8 Å². The van der Waals surface area contributed by atoms with Crippen LogP contribution in [0.1, 0.15) is 68.2 Å². The van der Waals surface area contributed by atoms with Crippen molar-refractivity contribution in [1.29, 1.82) is 0 Å². The maximum absolute atomic E-state index is 14.0. The molecule has 6 aromatic rings. The summed E-state index contributed by atoms with van der Waals surface area (Å²) in [5, 5.41) is 22.8. The van der Waals surface area contributed by atoms with Crippen LogP contribution in [0, 0.1) is 12.3 Å². The molecule has 384 valence electrons. The number of amides is 4. The first-order valence-corrected chi connectivity index (χ1v) is 25.4. The summed E-state index contributed by atoms with van der Waals surface area (Å²) in [5.74, 6) is -1.24. The minimum absolute atomic E-state index is 0.000120. The molecule has 3 aromatic heterocycles. The van der Waals surface area contributed by atoms with Crippen LogP contribution < -0.4 is 21.3 Å². The van der Waals surface area contributed by atoms with Crippen molar-refractivity contribution in [2.75, 3.05) is 58.0 Å². The summed E-state index contributed by atoms with van der Waals surface area (Å²) in [6.07, 6.45) is 3.77. The topological polar surface area (TPSA) is 219 Å². The number of benzene rings is 3. The van der Waals surface area contributed by atoms with Crippen LogP contribution in [0.2, 0.25) is 5.02 Å². The van der Waals surface area contributed by atoms with Gasteiger partial charge in [-0.2, -0.15) is 0 Å². The number of halogens is 1. The molecule has 4 heterocycles. The number of hydrogen-bond acceptors (Lipinski definition) is 14. The van der Waals surface area contributed by atoms with Crippen molar-refractivity contribution in [3.8, 4) is 32.8 Å². The molecule has 19 heteroatoms. The molecule has 0 radical (unpaired) electrons. The van der Waals surface area contributed by atoms with Gasteiger partial charge in [-0.05, 0) is 53.6 Å². The molecule has 0 bridgehead atoms. The fourth-order valence-corrected chi connectivity index (χ4v) is 9.17. The summed E-state index contributed by atoms with van der Waals surface area (Å²) in [6.45, 7) is 11.0. The number of pyridine rings is 1. The second-order valence-electron chi connectivity index (χ2n) is 18.6. The van der Waals surface area contributed by atoms with Gasteiger partial charge in [0.05, 0.1) is 102 Å². The van der Waals surface area contributed by atoms with Gasteiger partial charge in [0.1, 0.15) is 12.1 Å². The van der Waals surface area contributed by atoms with Gasteiger partial charge in [-0.25, -0.2) is 15.0 Å². The quantitative estimate of drug-likeness (QED) is 0.0392. The number of aryl methyl sites for hydroxylation is 1. The number of aliphatic hydroxyl groups is 1. The van der Waals surface area contributed by atoms with Gasteiger partial charge in [0, 0.05) is 37.7 Å². The highest BCUT2D eigenvalue weighted by Crippen LogP contribution is 2.32. The highest BCUT2D eigenvalue weighted by molar-refractivity contribution is 7.13. The Balaban J connectivity index is 0.762. The van der Waals surface area contributed by atoms with Gasteiger partial charge in [-0.1, -0.05) is 105 Å². The molecule has 17 nitrogen and oxygen atoms in total. The van der Waals surface area contributed by atoms with Gasteiger partial charge >= 0.3 is 0 Å². The number of thiazole rings is 1. The van der Waals surface area contributed by atoms with Gasteiger partial charge in [-0.3, -0.25) is 24.2 Å². The Hall–Kier alpha value is -6.67. The van der Waals surface area contributed by atoms with Gasteiger partial charge in [0.25, 0.3) is 5.91 Å². The first-order valence-electron chi connectivity index (χ1n) is 24.1. The van der Waals surface area contributed by atoms with Crippen molar-refractivity contribution >= 4 is 58.2 Å². The summed E-state index contributed by atoms with van der Waals surface area (Å²) in [4.78, 5) is 73.7. The SMILES string of the molecule is Cc1ncsc1-c1ccc(C(C)NC(=O)C2CC(O)CN2C(=O)C(NC(=O)CCOCCOCCOCCNC(=O)c2cncc(Nc3ncc(Cl)c(-c4cccc(-c5ccccc5)c4)n3)c2)C(C)(C)C)cc1. The van der Waals surface area contributed by atoms with Crippen molar-refractivity contribution in [1.82, 2.24) is 40.8 Å². The number of nitrogens with zero attached hydrogens (tertiary/aromatic N) is 5. The van der Waals surface area contributed by atoms with Crippen LogP contribution in [-0.2, 0) is 28.6 Å². The average Bonchev–Trinajstić information content (AvgIpc) is 4.01. The van der Waals surface area contributed by atoms with E-state index >= 15 is 0 Å². The largest absolute Gasteiger partial charge is 0.391 e. The number of ether oxygens (including phenoxy) is 3. The zero-order valence-electron chi connectivity index (χ0n) is 41.6. The van der Waals surface area contributed by atoms with E-state index in [1.807, 2.05) is 119 Å². The molecule has 4 atom stereocenters. The van der Waals surface area contributed by atoms with E-state index in [1.54, 1.807) is 23.6 Å². The van der Waals surface area contributed by atoms with Crippen molar-refractivity contribution < 1.29 is 38.5 Å². The number of aliphatic hydroxyl groups excluding tert-OH is 1. The lowest BCUT2D eigenvalue weighted by Gasteiger charge is -2.35. The molecule has 1 saturated heterocycles. The maximum Gasteiger partial charge on any atom is 0.253 e. The molecule has 0 saturated carbocycles. The number of nitrogens with one attached hydrogen (secondary N) is 4. The maximum atomic E-state index is 14.0. The Labute approximate surface area is 434 Å². The van der Waals surface area contributed by atoms with E-state index < -0.39 is 29.5 Å². The summed E-state index contributed by atoms with van der Waals surface area (Å²) in [6, 6.07) is 25.3. The van der Waals surface area contributed by atoms with Crippen molar-refractivity contribution in [3.63, 3.8) is 0 Å². The average molecular weight is 1030 g/mol. The molecule has 5 N–H and O–H groups in total. The summed E-state index contributed by atoms with van der Waals surface area (Å²) in [7, 11) is 0. The van der Waals surface area contributed by atoms with E-state index in [9.17, 15) is 24.3 Å². The first-order chi connectivity index (χ1) is 35.1. The lowest BCUT2D eigenvalue weighted by molar-refractivity contribution is -0.144. The van der Waals surface area contributed by atoms with Crippen LogP contribution in [0.4, 0.5) is 11.6 Å². The third-order valence-electron chi connectivity index (χ3n) is 12.1. The van der Waals surface area contributed by atoms with Crippen molar-refractivity contribution in [3.05, 3.63) is 131 Å². The van der Waals surface area contributed by atoms with Crippen LogP contribution in [0.5, 0.6) is 0 Å². The molecule has 4 unspecified atom stereocenters. The van der Waals surface area contributed by atoms with Crippen LogP contribution >= 0.6 is 22.9 Å². The summed E-state index contributed by atoms with van der Waals surface area (Å²) < 4.78 is 16.8. The third-order valence-corrected chi connectivity index (χ3v) is 13.3. The minimum Gasteiger partial charge on any atom is -0.391 e.